The Morgan fingerprint density at radius 2 is 2.03 bits per heavy atom. The third-order valence-corrected chi connectivity index (χ3v) is 5.34. The average Bonchev–Trinajstić information content (AvgIpc) is 3.56. The van der Waals surface area contributed by atoms with Crippen molar-refractivity contribution >= 4 is 33.4 Å². The van der Waals surface area contributed by atoms with Gasteiger partial charge in [-0.15, -0.1) is 0 Å². The van der Waals surface area contributed by atoms with E-state index in [9.17, 15) is 4.79 Å². The lowest BCUT2D eigenvalue weighted by Gasteiger charge is -2.12. The maximum absolute atomic E-state index is 11.8. The number of Topliss-reactive ketones (excluding diaryl/α,β-unsaturated/α-hetero) is 1. The van der Waals surface area contributed by atoms with Crippen LogP contribution in [0, 0.1) is 5.92 Å². The van der Waals surface area contributed by atoms with E-state index in [1.54, 1.807) is 13.1 Å². The van der Waals surface area contributed by atoms with Gasteiger partial charge in [-0.05, 0) is 43.4 Å². The molecule has 144 valence electrons. The molecular formula is C23H21N5O. The monoisotopic (exact) mass is 383 g/mol. The Hall–Kier alpha value is -3.41. The fraction of sp³-hybridized carbons (Fsp3) is 0.261. The highest BCUT2D eigenvalue weighted by Crippen LogP contribution is 2.33. The Morgan fingerprint density at radius 1 is 1.14 bits per heavy atom. The second-order valence-corrected chi connectivity index (χ2v) is 7.66. The number of benzene rings is 1. The number of hydrogen-bond donors (Lipinski definition) is 1. The highest BCUT2D eigenvalue weighted by atomic mass is 16.1. The molecule has 1 N–H and O–H groups in total. The second kappa shape index (κ2) is 7.20. The summed E-state index contributed by atoms with van der Waals surface area (Å²) in [5.41, 5.74) is 3.29. The third kappa shape index (κ3) is 3.66. The van der Waals surface area contributed by atoms with E-state index in [1.807, 2.05) is 42.7 Å². The Balaban J connectivity index is 1.63. The van der Waals surface area contributed by atoms with Crippen LogP contribution >= 0.6 is 0 Å². The summed E-state index contributed by atoms with van der Waals surface area (Å²) in [7, 11) is 0. The van der Waals surface area contributed by atoms with Crippen molar-refractivity contribution in [3.05, 3.63) is 65.9 Å². The molecule has 5 rings (SSSR count). The minimum atomic E-state index is 0.0229. The lowest BCUT2D eigenvalue weighted by Crippen LogP contribution is -2.06. The van der Waals surface area contributed by atoms with E-state index in [1.165, 1.54) is 12.8 Å². The molecule has 1 saturated carbocycles. The first-order valence-corrected chi connectivity index (χ1v) is 9.90. The summed E-state index contributed by atoms with van der Waals surface area (Å²) < 4.78 is 0. The predicted molar refractivity (Wildman–Crippen MR) is 113 cm³/mol. The molecule has 0 spiro atoms. The molecule has 1 aromatic carbocycles. The van der Waals surface area contributed by atoms with Crippen molar-refractivity contribution in [1.82, 2.24) is 19.9 Å². The molecule has 0 aliphatic heterocycles. The number of nitrogens with zero attached hydrogens (tertiary/aromatic N) is 4. The van der Waals surface area contributed by atoms with Crippen LogP contribution in [0.4, 0.5) is 5.82 Å². The quantitative estimate of drug-likeness (QED) is 0.394. The summed E-state index contributed by atoms with van der Waals surface area (Å²) >= 11 is 0. The zero-order chi connectivity index (χ0) is 19.8. The molecule has 0 amide bonds. The van der Waals surface area contributed by atoms with Gasteiger partial charge in [0.25, 0.3) is 0 Å². The van der Waals surface area contributed by atoms with Crippen LogP contribution < -0.4 is 5.32 Å². The van der Waals surface area contributed by atoms with E-state index in [0.29, 0.717) is 23.8 Å². The highest BCUT2D eigenvalue weighted by molar-refractivity contribution is 6.09. The van der Waals surface area contributed by atoms with Gasteiger partial charge in [0.05, 0.1) is 5.52 Å². The van der Waals surface area contributed by atoms with Crippen molar-refractivity contribution in [1.29, 1.82) is 0 Å². The Morgan fingerprint density at radius 3 is 2.79 bits per heavy atom. The van der Waals surface area contributed by atoms with Crippen LogP contribution in [-0.4, -0.2) is 25.7 Å². The molecule has 29 heavy (non-hydrogen) atoms. The van der Waals surface area contributed by atoms with Gasteiger partial charge in [-0.2, -0.15) is 0 Å². The van der Waals surface area contributed by atoms with Crippen LogP contribution in [0.2, 0.25) is 0 Å². The van der Waals surface area contributed by atoms with Crippen molar-refractivity contribution < 1.29 is 4.79 Å². The predicted octanol–water partition coefficient (Wildman–Crippen LogP) is 4.34. The van der Waals surface area contributed by atoms with Crippen LogP contribution in [0.15, 0.2) is 48.9 Å². The Bertz CT molecular complexity index is 1220. The van der Waals surface area contributed by atoms with Gasteiger partial charge in [-0.1, -0.05) is 18.2 Å². The summed E-state index contributed by atoms with van der Waals surface area (Å²) in [5.74, 6) is 2.31. The molecule has 6 heteroatoms. The first-order valence-electron chi connectivity index (χ1n) is 9.90. The first kappa shape index (κ1) is 17.7. The van der Waals surface area contributed by atoms with E-state index in [2.05, 4.69) is 15.3 Å². The van der Waals surface area contributed by atoms with Crippen molar-refractivity contribution in [2.75, 3.05) is 5.32 Å². The summed E-state index contributed by atoms with van der Waals surface area (Å²) in [6.07, 6.45) is 8.92. The van der Waals surface area contributed by atoms with E-state index < -0.39 is 0 Å². The standard InChI is InChI=1S/C23H21N5O/c1-14(29)17-6-7-18-19-13-25-21(9-15-4-5-15)28-22(19)23(27-20(18)10-17)26-12-16-3-2-8-24-11-16/h2-3,6-8,10-11,13,15H,4-5,9,12H2,1H3,(H,26,27). The molecule has 0 saturated heterocycles. The summed E-state index contributed by atoms with van der Waals surface area (Å²) in [5, 5.41) is 5.31. The minimum absolute atomic E-state index is 0.0229. The van der Waals surface area contributed by atoms with Crippen molar-refractivity contribution in [2.24, 2.45) is 5.92 Å². The lowest BCUT2D eigenvalue weighted by molar-refractivity contribution is 0.101. The molecule has 0 bridgehead atoms. The fourth-order valence-electron chi connectivity index (χ4n) is 3.53. The molecule has 0 atom stereocenters. The number of ketones is 1. The molecule has 0 radical (unpaired) electrons. The summed E-state index contributed by atoms with van der Waals surface area (Å²) in [6.45, 7) is 2.16. The van der Waals surface area contributed by atoms with E-state index in [-0.39, 0.29) is 5.78 Å². The molecule has 3 aromatic heterocycles. The number of rotatable bonds is 6. The van der Waals surface area contributed by atoms with Crippen LogP contribution in [0.5, 0.6) is 0 Å². The highest BCUT2D eigenvalue weighted by Gasteiger charge is 2.23. The molecule has 1 aliphatic carbocycles. The Kier molecular flexibility index (Phi) is 4.39. The number of fused-ring (bicyclic) bond motifs is 3. The second-order valence-electron chi connectivity index (χ2n) is 7.66. The largest absolute Gasteiger partial charge is 0.364 e. The van der Waals surface area contributed by atoms with Crippen LogP contribution in [0.3, 0.4) is 0 Å². The maximum atomic E-state index is 11.8. The number of anilines is 1. The number of pyridine rings is 2. The zero-order valence-corrected chi connectivity index (χ0v) is 16.2. The van der Waals surface area contributed by atoms with Gasteiger partial charge in [-0.3, -0.25) is 9.78 Å². The SMILES string of the molecule is CC(=O)c1ccc2c(c1)nc(NCc1cccnc1)c1nc(CC3CC3)ncc12. The Labute approximate surface area is 168 Å². The fourth-order valence-corrected chi connectivity index (χ4v) is 3.53. The normalized spacial score (nSPS) is 13.7. The van der Waals surface area contributed by atoms with Crippen molar-refractivity contribution in [2.45, 2.75) is 32.7 Å². The van der Waals surface area contributed by atoms with Gasteiger partial charge in [0, 0.05) is 47.9 Å². The average molecular weight is 383 g/mol. The maximum Gasteiger partial charge on any atom is 0.159 e. The van der Waals surface area contributed by atoms with E-state index in [4.69, 9.17) is 9.97 Å². The molecule has 3 heterocycles. The number of aromatic nitrogens is 4. The van der Waals surface area contributed by atoms with Gasteiger partial charge >= 0.3 is 0 Å². The van der Waals surface area contributed by atoms with Crippen LogP contribution in [-0.2, 0) is 13.0 Å². The number of hydrogen-bond acceptors (Lipinski definition) is 6. The molecular weight excluding hydrogens is 362 g/mol. The number of carbonyl (C=O) groups excluding carboxylic acids is 1. The summed E-state index contributed by atoms with van der Waals surface area (Å²) in [4.78, 5) is 30.3. The van der Waals surface area contributed by atoms with Gasteiger partial charge in [0.15, 0.2) is 11.6 Å². The molecule has 6 nitrogen and oxygen atoms in total. The smallest absolute Gasteiger partial charge is 0.159 e. The molecule has 0 unspecified atom stereocenters. The third-order valence-electron chi connectivity index (χ3n) is 5.34. The first-order chi connectivity index (χ1) is 14.2. The van der Waals surface area contributed by atoms with Crippen LogP contribution in [0.1, 0.15) is 41.5 Å². The van der Waals surface area contributed by atoms with Gasteiger partial charge in [-0.25, -0.2) is 15.0 Å². The topological polar surface area (TPSA) is 80.7 Å². The van der Waals surface area contributed by atoms with Gasteiger partial charge in [0.2, 0.25) is 0 Å². The lowest BCUT2D eigenvalue weighted by atomic mass is 10.1. The minimum Gasteiger partial charge on any atom is -0.364 e. The number of carbonyl (C=O) groups is 1. The molecule has 4 aromatic rings. The van der Waals surface area contributed by atoms with Crippen LogP contribution in [0.25, 0.3) is 21.8 Å². The van der Waals surface area contributed by atoms with Gasteiger partial charge in [0.1, 0.15) is 11.3 Å². The van der Waals surface area contributed by atoms with E-state index >= 15 is 0 Å². The summed E-state index contributed by atoms with van der Waals surface area (Å²) in [6, 6.07) is 9.55. The molecule has 1 fully saturated rings. The van der Waals surface area contributed by atoms with Crippen molar-refractivity contribution in [3.8, 4) is 0 Å². The zero-order valence-electron chi connectivity index (χ0n) is 16.2. The molecule has 1 aliphatic rings. The van der Waals surface area contributed by atoms with E-state index in [0.717, 1.165) is 39.6 Å². The van der Waals surface area contributed by atoms with Crippen molar-refractivity contribution in [3.63, 3.8) is 0 Å². The van der Waals surface area contributed by atoms with Gasteiger partial charge < -0.3 is 5.32 Å². The number of nitrogens with one attached hydrogen (secondary N) is 1.